The maximum atomic E-state index is 15.6. The summed E-state index contributed by atoms with van der Waals surface area (Å²) >= 11 is 6.60. The fraction of sp³-hybridized carbons (Fsp3) is 0.333. The number of alkyl halides is 4. The summed E-state index contributed by atoms with van der Waals surface area (Å²) in [5.74, 6) is -2.88. The zero-order chi connectivity index (χ0) is 41.5. The zero-order valence-electron chi connectivity index (χ0n) is 30.5. The number of anilines is 1. The van der Waals surface area contributed by atoms with E-state index in [0.717, 1.165) is 18.4 Å². The number of rotatable bonds is 11. The molecule has 8 rings (SSSR count). The Labute approximate surface area is 332 Å². The first-order valence-electron chi connectivity index (χ1n) is 17.9. The standard InChI is InChI=1S/C39H32ClF6N7O4S/c1-52-34-24(6-8-27(40)31(34)37(50-52)51-58(2,56)57)23-4-3-22(9-10-38(18-54)11-12-38)47-32(23)28(15-19-13-20(41)16-21(42)14-19)48-29(55)17-53-35-30(33(49-53)36(43)44)25-5-7-26(25)39(35,45)46/h3-8,13-14,16,25-26,28,36,54H,11-12,15,17-18H2,1-2H3,(H,48,55)(H,50,51)/t25-,26+,28-/m0/s1. The van der Waals surface area contributed by atoms with Crippen molar-refractivity contribution in [1.82, 2.24) is 29.9 Å². The van der Waals surface area contributed by atoms with Gasteiger partial charge in [0, 0.05) is 35.7 Å². The molecule has 0 unspecified atom stereocenters. The van der Waals surface area contributed by atoms with E-state index in [9.17, 15) is 35.9 Å². The van der Waals surface area contributed by atoms with Gasteiger partial charge < -0.3 is 10.4 Å². The fourth-order valence-electron chi connectivity index (χ4n) is 7.67. The number of halogens is 7. The van der Waals surface area contributed by atoms with Crippen LogP contribution in [-0.2, 0) is 40.8 Å². The monoisotopic (exact) mass is 843 g/mol. The molecule has 0 saturated heterocycles. The Morgan fingerprint density at radius 1 is 1.05 bits per heavy atom. The number of aryl methyl sites for hydroxylation is 1. The first-order chi connectivity index (χ1) is 27.4. The van der Waals surface area contributed by atoms with Crippen LogP contribution >= 0.6 is 11.6 Å². The van der Waals surface area contributed by atoms with Gasteiger partial charge in [-0.3, -0.25) is 18.9 Å². The molecule has 0 aliphatic heterocycles. The van der Waals surface area contributed by atoms with Crippen LogP contribution in [0.3, 0.4) is 0 Å². The molecule has 3 N–H and O–H groups in total. The molecule has 0 radical (unpaired) electrons. The molecule has 3 aliphatic rings. The molecule has 3 aromatic heterocycles. The lowest BCUT2D eigenvalue weighted by Crippen LogP contribution is -2.35. The zero-order valence-corrected chi connectivity index (χ0v) is 32.1. The second kappa shape index (κ2) is 14.2. The summed E-state index contributed by atoms with van der Waals surface area (Å²) in [7, 11) is -2.29. The van der Waals surface area contributed by atoms with Gasteiger partial charge in [0.15, 0.2) is 5.82 Å². The third-order valence-corrected chi connectivity index (χ3v) is 11.5. The van der Waals surface area contributed by atoms with Crippen molar-refractivity contribution in [1.29, 1.82) is 0 Å². The summed E-state index contributed by atoms with van der Waals surface area (Å²) in [5.41, 5.74) is -1.33. The number of sulfonamides is 1. The van der Waals surface area contributed by atoms with Gasteiger partial charge >= 0.3 is 0 Å². The second-order valence-corrected chi connectivity index (χ2v) is 16.9. The van der Waals surface area contributed by atoms with Crippen LogP contribution in [0.4, 0.5) is 32.2 Å². The van der Waals surface area contributed by atoms with Gasteiger partial charge in [0.2, 0.25) is 15.9 Å². The summed E-state index contributed by atoms with van der Waals surface area (Å²) in [5, 5.41) is 21.0. The molecule has 0 spiro atoms. The third kappa shape index (κ3) is 7.09. The molecular weight excluding hydrogens is 812 g/mol. The first kappa shape index (κ1) is 39.4. The van der Waals surface area contributed by atoms with Crippen LogP contribution in [0.5, 0.6) is 0 Å². The van der Waals surface area contributed by atoms with E-state index in [2.05, 4.69) is 32.1 Å². The summed E-state index contributed by atoms with van der Waals surface area (Å²) in [6.07, 6.45) is 1.32. The lowest BCUT2D eigenvalue weighted by Gasteiger charge is -2.27. The van der Waals surface area contributed by atoms with E-state index in [1.807, 2.05) is 0 Å². The van der Waals surface area contributed by atoms with E-state index in [0.29, 0.717) is 40.2 Å². The van der Waals surface area contributed by atoms with Gasteiger partial charge in [0.25, 0.3) is 12.3 Å². The average Bonchev–Trinajstić information content (AvgIpc) is 3.65. The molecule has 3 aliphatic carbocycles. The van der Waals surface area contributed by atoms with Crippen molar-refractivity contribution in [3.63, 3.8) is 0 Å². The van der Waals surface area contributed by atoms with Crippen LogP contribution in [0.1, 0.15) is 65.1 Å². The number of pyridine rings is 1. The molecule has 2 aromatic carbocycles. The van der Waals surface area contributed by atoms with Crippen LogP contribution in [-0.4, -0.2) is 56.8 Å². The van der Waals surface area contributed by atoms with E-state index < -0.39 is 81.1 Å². The van der Waals surface area contributed by atoms with Crippen LogP contribution in [0.15, 0.2) is 54.6 Å². The van der Waals surface area contributed by atoms with Gasteiger partial charge in [-0.25, -0.2) is 31.0 Å². The summed E-state index contributed by atoms with van der Waals surface area (Å²) in [4.78, 5) is 18.8. The molecule has 0 bridgehead atoms. The normalized spacial score (nSPS) is 18.9. The highest BCUT2D eigenvalue weighted by Gasteiger charge is 2.60. The second-order valence-electron chi connectivity index (χ2n) is 14.7. The van der Waals surface area contributed by atoms with E-state index in [-0.39, 0.29) is 51.8 Å². The Hall–Kier alpha value is -5.38. The number of nitrogens with one attached hydrogen (secondary N) is 2. The smallest absolute Gasteiger partial charge is 0.296 e. The summed E-state index contributed by atoms with van der Waals surface area (Å²) < 4.78 is 118. The van der Waals surface area contributed by atoms with Crippen molar-refractivity contribution >= 4 is 44.3 Å². The number of carbonyl (C=O) groups is 1. The minimum atomic E-state index is -3.83. The minimum absolute atomic E-state index is 0.0554. The van der Waals surface area contributed by atoms with Crippen molar-refractivity contribution in [3.8, 4) is 23.0 Å². The number of fused-ring (bicyclic) bond motifs is 4. The Bertz CT molecular complexity index is 2720. The topological polar surface area (TPSA) is 144 Å². The van der Waals surface area contributed by atoms with Crippen molar-refractivity contribution in [2.24, 2.45) is 18.4 Å². The van der Waals surface area contributed by atoms with Crippen molar-refractivity contribution < 1.29 is 44.7 Å². The van der Waals surface area contributed by atoms with Gasteiger partial charge in [-0.15, -0.1) is 0 Å². The molecule has 11 nitrogen and oxygen atoms in total. The van der Waals surface area contributed by atoms with Gasteiger partial charge in [-0.2, -0.15) is 19.0 Å². The molecule has 3 heterocycles. The molecule has 58 heavy (non-hydrogen) atoms. The lowest BCUT2D eigenvalue weighted by atomic mass is 9.81. The maximum Gasteiger partial charge on any atom is 0.296 e. The quantitative estimate of drug-likeness (QED) is 0.0766. The molecule has 1 amide bonds. The molecule has 3 atom stereocenters. The SMILES string of the molecule is Cn1nc(NS(C)(=O)=O)c2c(Cl)ccc(-c3ccc(C#CC4(CO)CC4)nc3[C@H](Cc3cc(F)cc(F)c3)NC(=O)Cn3nc(C(F)F)c4c3C(F)(F)[C@@H]3C=C[C@H]43)c21. The highest BCUT2D eigenvalue weighted by molar-refractivity contribution is 7.92. The molecular formula is C39H32ClF6N7O4S. The molecule has 1 saturated carbocycles. The highest BCUT2D eigenvalue weighted by Crippen LogP contribution is 2.60. The largest absolute Gasteiger partial charge is 0.395 e. The summed E-state index contributed by atoms with van der Waals surface area (Å²) in [6, 6.07) is 7.67. The van der Waals surface area contributed by atoms with E-state index in [4.69, 9.17) is 16.6 Å². The Kier molecular flexibility index (Phi) is 9.64. The highest BCUT2D eigenvalue weighted by atomic mass is 35.5. The molecule has 302 valence electrons. The van der Waals surface area contributed by atoms with Crippen molar-refractivity contribution in [2.75, 3.05) is 17.6 Å². The maximum absolute atomic E-state index is 15.6. The van der Waals surface area contributed by atoms with Crippen molar-refractivity contribution in [3.05, 3.63) is 105 Å². The number of aromatic nitrogens is 5. The van der Waals surface area contributed by atoms with Crippen LogP contribution in [0.2, 0.25) is 5.02 Å². The number of amides is 1. The molecule has 5 aromatic rings. The van der Waals surface area contributed by atoms with E-state index >= 15 is 8.78 Å². The van der Waals surface area contributed by atoms with Crippen molar-refractivity contribution in [2.45, 2.75) is 50.1 Å². The average molecular weight is 844 g/mol. The Morgan fingerprint density at radius 2 is 1.76 bits per heavy atom. The number of carbonyl (C=O) groups excluding carboxylic acids is 1. The predicted octanol–water partition coefficient (Wildman–Crippen LogP) is 6.67. The number of aliphatic hydroxyl groups excluding tert-OH is 1. The predicted molar refractivity (Wildman–Crippen MR) is 200 cm³/mol. The number of aliphatic hydroxyl groups is 1. The number of hydrogen-bond donors (Lipinski definition) is 3. The van der Waals surface area contributed by atoms with Crippen LogP contribution < -0.4 is 10.0 Å². The number of allylic oxidation sites excluding steroid dienone is 2. The van der Waals surface area contributed by atoms with Crippen LogP contribution in [0, 0.1) is 34.8 Å². The van der Waals surface area contributed by atoms with E-state index in [1.54, 1.807) is 18.2 Å². The number of nitrogens with zero attached hydrogens (tertiary/aromatic N) is 5. The van der Waals surface area contributed by atoms with Gasteiger partial charge in [0.05, 0.1) is 51.9 Å². The molecule has 1 fully saturated rings. The van der Waals surface area contributed by atoms with E-state index in [1.165, 1.54) is 29.9 Å². The number of benzene rings is 2. The summed E-state index contributed by atoms with van der Waals surface area (Å²) in [6.45, 7) is -1.12. The van der Waals surface area contributed by atoms with Gasteiger partial charge in [-0.1, -0.05) is 35.7 Å². The molecule has 19 heteroatoms. The third-order valence-electron chi connectivity index (χ3n) is 10.6. The fourth-order valence-corrected chi connectivity index (χ4v) is 8.41. The Balaban J connectivity index is 1.27. The minimum Gasteiger partial charge on any atom is -0.395 e. The number of hydrogen-bond acceptors (Lipinski definition) is 7. The van der Waals surface area contributed by atoms with Gasteiger partial charge in [0.1, 0.15) is 35.3 Å². The Morgan fingerprint density at radius 3 is 2.38 bits per heavy atom. The van der Waals surface area contributed by atoms with Gasteiger partial charge in [-0.05, 0) is 61.1 Å². The van der Waals surface area contributed by atoms with Crippen LogP contribution in [0.25, 0.3) is 22.0 Å². The first-order valence-corrected chi connectivity index (χ1v) is 20.1. The lowest BCUT2D eigenvalue weighted by molar-refractivity contribution is -0.123.